The van der Waals surface area contributed by atoms with E-state index in [9.17, 15) is 22.8 Å². The topological polar surface area (TPSA) is 98.3 Å². The molecule has 1 spiro atoms. The van der Waals surface area contributed by atoms with Crippen LogP contribution in [0.1, 0.15) is 37.7 Å². The number of amides is 4. The van der Waals surface area contributed by atoms with E-state index in [-0.39, 0.29) is 44.5 Å². The van der Waals surface area contributed by atoms with Gasteiger partial charge in [0.2, 0.25) is 15.9 Å². The van der Waals surface area contributed by atoms with Crippen molar-refractivity contribution in [1.82, 2.24) is 19.0 Å². The SMILES string of the molecule is CN1C(=O)N(CC(=O)N2CCN(S(=O)(=O)C=Cc3ccccc3)CC2)C(=O)C12CCCCC2. The summed E-state index contributed by atoms with van der Waals surface area (Å²) in [5.74, 6) is -0.620. The highest BCUT2D eigenvalue weighted by Gasteiger charge is 2.56. The molecule has 1 aromatic rings. The van der Waals surface area contributed by atoms with Gasteiger partial charge in [-0.25, -0.2) is 13.2 Å². The van der Waals surface area contributed by atoms with Gasteiger partial charge in [0.25, 0.3) is 5.91 Å². The van der Waals surface area contributed by atoms with Gasteiger partial charge >= 0.3 is 6.03 Å². The normalized spacial score (nSPS) is 22.0. The molecular formula is C23H30N4O5S. The number of piperazine rings is 1. The first kappa shape index (κ1) is 23.4. The molecule has 33 heavy (non-hydrogen) atoms. The lowest BCUT2D eigenvalue weighted by atomic mass is 9.81. The smallest absolute Gasteiger partial charge is 0.327 e. The van der Waals surface area contributed by atoms with E-state index < -0.39 is 21.6 Å². The van der Waals surface area contributed by atoms with Crippen molar-refractivity contribution in [3.8, 4) is 0 Å². The third kappa shape index (κ3) is 4.54. The number of benzene rings is 1. The van der Waals surface area contributed by atoms with Gasteiger partial charge in [0.15, 0.2) is 0 Å². The number of hydrogen-bond acceptors (Lipinski definition) is 5. The second-order valence-electron chi connectivity index (χ2n) is 8.86. The fourth-order valence-electron chi connectivity index (χ4n) is 4.91. The molecular weight excluding hydrogens is 444 g/mol. The van der Waals surface area contributed by atoms with E-state index in [1.54, 1.807) is 13.1 Å². The van der Waals surface area contributed by atoms with Crippen molar-refractivity contribution in [2.45, 2.75) is 37.6 Å². The van der Waals surface area contributed by atoms with Crippen LogP contribution in [0.2, 0.25) is 0 Å². The Balaban J connectivity index is 1.34. The highest BCUT2D eigenvalue weighted by Crippen LogP contribution is 2.39. The Labute approximate surface area is 194 Å². The van der Waals surface area contributed by atoms with Gasteiger partial charge in [-0.2, -0.15) is 4.31 Å². The zero-order valence-corrected chi connectivity index (χ0v) is 19.7. The first-order chi connectivity index (χ1) is 15.7. The highest BCUT2D eigenvalue weighted by atomic mass is 32.2. The van der Waals surface area contributed by atoms with Crippen LogP contribution in [-0.4, -0.2) is 90.6 Å². The molecule has 2 aliphatic heterocycles. The van der Waals surface area contributed by atoms with E-state index in [4.69, 9.17) is 0 Å². The molecule has 0 aromatic heterocycles. The monoisotopic (exact) mass is 474 g/mol. The van der Waals surface area contributed by atoms with Crippen LogP contribution in [0, 0.1) is 0 Å². The Bertz CT molecular complexity index is 1040. The predicted octanol–water partition coefficient (Wildman–Crippen LogP) is 1.73. The highest BCUT2D eigenvalue weighted by molar-refractivity contribution is 7.92. The maximum atomic E-state index is 13.1. The Morgan fingerprint density at radius 2 is 1.64 bits per heavy atom. The Kier molecular flexibility index (Phi) is 6.58. The quantitative estimate of drug-likeness (QED) is 0.606. The van der Waals surface area contributed by atoms with Crippen LogP contribution in [-0.2, 0) is 19.6 Å². The molecule has 0 N–H and O–H groups in total. The van der Waals surface area contributed by atoms with Crippen molar-refractivity contribution in [2.75, 3.05) is 39.8 Å². The van der Waals surface area contributed by atoms with Gasteiger partial charge in [0, 0.05) is 38.6 Å². The lowest BCUT2D eigenvalue weighted by molar-refractivity contribution is -0.141. The summed E-state index contributed by atoms with van der Waals surface area (Å²) in [6.45, 7) is 0.463. The summed E-state index contributed by atoms with van der Waals surface area (Å²) in [5.41, 5.74) is -0.0245. The Hall–Kier alpha value is -2.72. The fourth-order valence-corrected chi connectivity index (χ4v) is 6.09. The standard InChI is InChI=1S/C23H30N4O5S/c1-24-22(30)27(21(29)23(24)11-6-3-7-12-23)18-20(28)25-13-15-26(16-14-25)33(31,32)17-10-19-8-4-2-5-9-19/h2,4-5,8-10,17H,3,6-7,11-16,18H2,1H3. The summed E-state index contributed by atoms with van der Waals surface area (Å²) in [4.78, 5) is 42.8. The summed E-state index contributed by atoms with van der Waals surface area (Å²) in [6.07, 6.45) is 5.64. The predicted molar refractivity (Wildman–Crippen MR) is 123 cm³/mol. The van der Waals surface area contributed by atoms with Crippen molar-refractivity contribution >= 4 is 33.9 Å². The number of rotatable bonds is 5. The number of urea groups is 1. The third-order valence-electron chi connectivity index (χ3n) is 6.96. The molecule has 10 heteroatoms. The zero-order valence-electron chi connectivity index (χ0n) is 18.9. The van der Waals surface area contributed by atoms with E-state index in [0.717, 1.165) is 29.7 Å². The molecule has 4 amide bonds. The number of nitrogens with zero attached hydrogens (tertiary/aromatic N) is 4. The van der Waals surface area contributed by atoms with E-state index in [2.05, 4.69) is 0 Å². The lowest BCUT2D eigenvalue weighted by Gasteiger charge is -2.36. The molecule has 2 saturated heterocycles. The fraction of sp³-hybridized carbons (Fsp3) is 0.522. The molecule has 3 fully saturated rings. The molecule has 0 atom stereocenters. The lowest BCUT2D eigenvalue weighted by Crippen LogP contribution is -2.53. The average molecular weight is 475 g/mol. The summed E-state index contributed by atoms with van der Waals surface area (Å²) >= 11 is 0. The maximum absolute atomic E-state index is 13.1. The molecule has 0 bridgehead atoms. The molecule has 1 aromatic carbocycles. The first-order valence-electron chi connectivity index (χ1n) is 11.4. The number of sulfonamides is 1. The van der Waals surface area contributed by atoms with Crippen LogP contribution < -0.4 is 0 Å². The van der Waals surface area contributed by atoms with Crippen molar-refractivity contribution in [1.29, 1.82) is 0 Å². The first-order valence-corrected chi connectivity index (χ1v) is 12.9. The summed E-state index contributed by atoms with van der Waals surface area (Å²) in [7, 11) is -1.97. The summed E-state index contributed by atoms with van der Waals surface area (Å²) in [6, 6.07) is 8.73. The summed E-state index contributed by atoms with van der Waals surface area (Å²) in [5, 5.41) is 1.18. The van der Waals surface area contributed by atoms with Crippen LogP contribution in [0.3, 0.4) is 0 Å². The van der Waals surface area contributed by atoms with Crippen LogP contribution >= 0.6 is 0 Å². The molecule has 3 aliphatic rings. The van der Waals surface area contributed by atoms with Gasteiger partial charge < -0.3 is 9.80 Å². The number of carbonyl (C=O) groups excluding carboxylic acids is 3. The molecule has 0 unspecified atom stereocenters. The van der Waals surface area contributed by atoms with Crippen LogP contribution in [0.5, 0.6) is 0 Å². The summed E-state index contributed by atoms with van der Waals surface area (Å²) < 4.78 is 26.6. The van der Waals surface area contributed by atoms with Gasteiger partial charge in [-0.05, 0) is 24.5 Å². The van der Waals surface area contributed by atoms with Crippen LogP contribution in [0.15, 0.2) is 35.7 Å². The minimum Gasteiger partial charge on any atom is -0.338 e. The number of hydrogen-bond donors (Lipinski definition) is 0. The van der Waals surface area contributed by atoms with Gasteiger partial charge in [-0.1, -0.05) is 49.6 Å². The number of carbonyl (C=O) groups is 3. The Morgan fingerprint density at radius 1 is 1.00 bits per heavy atom. The molecule has 4 rings (SSSR count). The maximum Gasteiger partial charge on any atom is 0.327 e. The van der Waals surface area contributed by atoms with Crippen LogP contribution in [0.25, 0.3) is 6.08 Å². The minimum atomic E-state index is -3.61. The van der Waals surface area contributed by atoms with Gasteiger partial charge in [0.05, 0.1) is 0 Å². The molecule has 1 saturated carbocycles. The van der Waals surface area contributed by atoms with Crippen molar-refractivity contribution in [3.05, 3.63) is 41.3 Å². The zero-order chi connectivity index (χ0) is 23.6. The van der Waals surface area contributed by atoms with E-state index in [1.807, 2.05) is 30.3 Å². The molecule has 2 heterocycles. The second-order valence-corrected chi connectivity index (χ2v) is 10.7. The molecule has 1 aliphatic carbocycles. The van der Waals surface area contributed by atoms with Gasteiger partial charge in [-0.3, -0.25) is 14.5 Å². The number of imide groups is 1. The van der Waals surface area contributed by atoms with E-state index >= 15 is 0 Å². The second kappa shape index (κ2) is 9.26. The molecule has 178 valence electrons. The van der Waals surface area contributed by atoms with E-state index in [1.165, 1.54) is 19.5 Å². The average Bonchev–Trinajstić information content (AvgIpc) is 3.00. The number of likely N-dealkylation sites (N-methyl/N-ethyl adjacent to an activating group) is 1. The van der Waals surface area contributed by atoms with Gasteiger partial charge in [0.1, 0.15) is 12.1 Å². The molecule has 9 nitrogen and oxygen atoms in total. The molecule has 0 radical (unpaired) electrons. The minimum absolute atomic E-state index is 0.166. The van der Waals surface area contributed by atoms with Crippen molar-refractivity contribution < 1.29 is 22.8 Å². The van der Waals surface area contributed by atoms with Crippen LogP contribution in [0.4, 0.5) is 4.79 Å². The van der Waals surface area contributed by atoms with Gasteiger partial charge in [-0.15, -0.1) is 0 Å². The Morgan fingerprint density at radius 3 is 2.27 bits per heavy atom. The van der Waals surface area contributed by atoms with Crippen molar-refractivity contribution in [3.63, 3.8) is 0 Å². The van der Waals surface area contributed by atoms with E-state index in [0.29, 0.717) is 12.8 Å². The van der Waals surface area contributed by atoms with Crippen molar-refractivity contribution in [2.24, 2.45) is 0 Å². The largest absolute Gasteiger partial charge is 0.338 e. The third-order valence-corrected chi connectivity index (χ3v) is 8.53.